The minimum absolute atomic E-state index is 0.0399. The van der Waals surface area contributed by atoms with Crippen LogP contribution in [-0.2, 0) is 9.53 Å². The molecule has 0 heterocycles. The predicted octanol–water partition coefficient (Wildman–Crippen LogP) is 2.84. The second-order valence-electron chi connectivity index (χ2n) is 5.17. The zero-order valence-electron chi connectivity index (χ0n) is 11.7. The van der Waals surface area contributed by atoms with Crippen LogP contribution in [0.25, 0.3) is 0 Å². The van der Waals surface area contributed by atoms with Crippen molar-refractivity contribution in [3.63, 3.8) is 0 Å². The van der Waals surface area contributed by atoms with Gasteiger partial charge in [0.15, 0.2) is 0 Å². The van der Waals surface area contributed by atoms with Crippen molar-refractivity contribution < 1.29 is 9.53 Å². The van der Waals surface area contributed by atoms with Crippen LogP contribution in [0.3, 0.4) is 0 Å². The fourth-order valence-electron chi connectivity index (χ4n) is 2.96. The molecule has 2 unspecified atom stereocenters. The largest absolute Gasteiger partial charge is 0.469 e. The van der Waals surface area contributed by atoms with Gasteiger partial charge in [-0.25, -0.2) is 0 Å². The van der Waals surface area contributed by atoms with Gasteiger partial charge < -0.3 is 4.74 Å². The topological polar surface area (TPSA) is 29.5 Å². The highest BCUT2D eigenvalue weighted by Crippen LogP contribution is 2.26. The van der Waals surface area contributed by atoms with Crippen molar-refractivity contribution in [2.75, 3.05) is 13.7 Å². The van der Waals surface area contributed by atoms with Gasteiger partial charge >= 0.3 is 5.97 Å². The molecule has 0 aliphatic heterocycles. The van der Waals surface area contributed by atoms with Crippen molar-refractivity contribution in [2.45, 2.75) is 65.0 Å². The van der Waals surface area contributed by atoms with Crippen LogP contribution in [0.15, 0.2) is 0 Å². The summed E-state index contributed by atoms with van der Waals surface area (Å²) in [5.74, 6) is -0.131. The summed E-state index contributed by atoms with van der Waals surface area (Å²) in [5.41, 5.74) is 0. The molecule has 3 heteroatoms. The van der Waals surface area contributed by atoms with Gasteiger partial charge in [0.25, 0.3) is 0 Å². The first-order valence-electron chi connectivity index (χ1n) is 6.95. The van der Waals surface area contributed by atoms with Gasteiger partial charge in [0, 0.05) is 12.1 Å². The highest BCUT2D eigenvalue weighted by atomic mass is 16.5. The summed E-state index contributed by atoms with van der Waals surface area (Å²) in [4.78, 5) is 14.1. The molecule has 17 heavy (non-hydrogen) atoms. The number of rotatable bonds is 5. The van der Waals surface area contributed by atoms with Crippen LogP contribution in [0.2, 0.25) is 0 Å². The first-order valence-corrected chi connectivity index (χ1v) is 6.95. The van der Waals surface area contributed by atoms with Crippen LogP contribution in [0.5, 0.6) is 0 Å². The van der Waals surface area contributed by atoms with E-state index in [1.54, 1.807) is 0 Å². The van der Waals surface area contributed by atoms with E-state index in [0.29, 0.717) is 6.04 Å². The summed E-state index contributed by atoms with van der Waals surface area (Å²) in [5, 5.41) is 0. The number of hydrogen-bond donors (Lipinski definition) is 0. The normalized spacial score (nSPS) is 21.2. The number of ether oxygens (including phenoxy) is 1. The number of esters is 1. The third-order valence-electron chi connectivity index (χ3n) is 4.23. The molecular formula is C14H27NO2. The number of hydrogen-bond acceptors (Lipinski definition) is 3. The van der Waals surface area contributed by atoms with E-state index in [4.69, 9.17) is 4.74 Å². The lowest BCUT2D eigenvalue weighted by atomic mass is 9.91. The summed E-state index contributed by atoms with van der Waals surface area (Å²) in [6.45, 7) is 7.34. The molecular weight excluding hydrogens is 214 g/mol. The molecule has 0 amide bonds. The molecule has 1 fully saturated rings. The summed E-state index contributed by atoms with van der Waals surface area (Å²) in [6, 6.07) is 0.936. The Bertz CT molecular complexity index is 236. The van der Waals surface area contributed by atoms with Gasteiger partial charge in [-0.3, -0.25) is 9.69 Å². The van der Waals surface area contributed by atoms with Crippen molar-refractivity contribution in [1.29, 1.82) is 0 Å². The first-order chi connectivity index (χ1) is 8.11. The zero-order valence-corrected chi connectivity index (χ0v) is 11.7. The van der Waals surface area contributed by atoms with E-state index in [1.807, 2.05) is 6.92 Å². The molecule has 0 aromatic carbocycles. The Hall–Kier alpha value is -0.570. The average Bonchev–Trinajstić information content (AvgIpc) is 2.38. The zero-order chi connectivity index (χ0) is 12.8. The minimum atomic E-state index is -0.0910. The summed E-state index contributed by atoms with van der Waals surface area (Å²) >= 11 is 0. The highest BCUT2D eigenvalue weighted by molar-refractivity contribution is 5.72. The molecule has 0 bridgehead atoms. The van der Waals surface area contributed by atoms with Crippen LogP contribution in [-0.4, -0.2) is 36.6 Å². The van der Waals surface area contributed by atoms with E-state index >= 15 is 0 Å². The number of carbonyl (C=O) groups is 1. The Morgan fingerprint density at radius 3 is 2.35 bits per heavy atom. The highest BCUT2D eigenvalue weighted by Gasteiger charge is 2.30. The predicted molar refractivity (Wildman–Crippen MR) is 69.9 cm³/mol. The summed E-state index contributed by atoms with van der Waals surface area (Å²) in [6.07, 6.45) is 6.61. The lowest BCUT2D eigenvalue weighted by Crippen LogP contribution is -2.47. The van der Waals surface area contributed by atoms with Crippen LogP contribution in [0, 0.1) is 5.92 Å². The van der Waals surface area contributed by atoms with Gasteiger partial charge in [0.2, 0.25) is 0 Å². The molecule has 3 nitrogen and oxygen atoms in total. The van der Waals surface area contributed by atoms with E-state index in [1.165, 1.54) is 39.2 Å². The molecule has 0 radical (unpaired) electrons. The number of carbonyl (C=O) groups excluding carboxylic acids is 1. The Morgan fingerprint density at radius 2 is 1.88 bits per heavy atom. The Morgan fingerprint density at radius 1 is 1.29 bits per heavy atom. The minimum Gasteiger partial charge on any atom is -0.469 e. The van der Waals surface area contributed by atoms with Crippen LogP contribution in [0.1, 0.15) is 52.9 Å². The molecule has 2 atom stereocenters. The molecule has 1 aliphatic carbocycles. The fourth-order valence-corrected chi connectivity index (χ4v) is 2.96. The molecule has 100 valence electrons. The van der Waals surface area contributed by atoms with Crippen molar-refractivity contribution >= 4 is 5.97 Å². The lowest BCUT2D eigenvalue weighted by Gasteiger charge is -2.39. The van der Waals surface area contributed by atoms with E-state index in [0.717, 1.165) is 6.54 Å². The van der Waals surface area contributed by atoms with E-state index in [2.05, 4.69) is 18.7 Å². The van der Waals surface area contributed by atoms with Crippen molar-refractivity contribution in [3.05, 3.63) is 0 Å². The smallest absolute Gasteiger partial charge is 0.309 e. The first kappa shape index (κ1) is 14.5. The number of nitrogens with zero attached hydrogens (tertiary/aromatic N) is 1. The molecule has 1 aliphatic rings. The second kappa shape index (κ2) is 7.00. The Kier molecular flexibility index (Phi) is 5.96. The number of methoxy groups -OCH3 is 1. The van der Waals surface area contributed by atoms with Gasteiger partial charge in [-0.2, -0.15) is 0 Å². The lowest BCUT2D eigenvalue weighted by molar-refractivity contribution is -0.147. The molecule has 0 saturated heterocycles. The monoisotopic (exact) mass is 241 g/mol. The second-order valence-corrected chi connectivity index (χ2v) is 5.17. The molecule has 1 rings (SSSR count). The molecule has 0 aromatic heterocycles. The Labute approximate surface area is 106 Å². The molecule has 0 spiro atoms. The third-order valence-corrected chi connectivity index (χ3v) is 4.23. The van der Waals surface area contributed by atoms with Gasteiger partial charge in [-0.1, -0.05) is 33.1 Å². The summed E-state index contributed by atoms with van der Waals surface area (Å²) < 4.78 is 4.85. The third kappa shape index (κ3) is 3.70. The van der Waals surface area contributed by atoms with Crippen LogP contribution in [0.4, 0.5) is 0 Å². The molecule has 1 saturated carbocycles. The molecule has 0 N–H and O–H groups in total. The standard InChI is InChI=1S/C14H27NO2/c1-5-15(13-9-7-6-8-10-13)12(3)11(2)14(16)17-4/h11-13H,5-10H2,1-4H3. The van der Waals surface area contributed by atoms with Gasteiger partial charge in [-0.05, 0) is 26.3 Å². The van der Waals surface area contributed by atoms with Crippen LogP contribution >= 0.6 is 0 Å². The fraction of sp³-hybridized carbons (Fsp3) is 0.929. The Balaban J connectivity index is 2.61. The van der Waals surface area contributed by atoms with Crippen molar-refractivity contribution in [3.8, 4) is 0 Å². The van der Waals surface area contributed by atoms with Gasteiger partial charge in [0.1, 0.15) is 0 Å². The molecule has 0 aromatic rings. The van der Waals surface area contributed by atoms with Gasteiger partial charge in [0.05, 0.1) is 13.0 Å². The van der Waals surface area contributed by atoms with Gasteiger partial charge in [-0.15, -0.1) is 0 Å². The maximum absolute atomic E-state index is 11.6. The quantitative estimate of drug-likeness (QED) is 0.693. The maximum atomic E-state index is 11.6. The van der Waals surface area contributed by atoms with E-state index in [9.17, 15) is 4.79 Å². The average molecular weight is 241 g/mol. The van der Waals surface area contributed by atoms with Crippen molar-refractivity contribution in [1.82, 2.24) is 4.90 Å². The SMILES string of the molecule is CCN(C1CCCCC1)C(C)C(C)C(=O)OC. The van der Waals surface area contributed by atoms with E-state index in [-0.39, 0.29) is 17.9 Å². The van der Waals surface area contributed by atoms with Crippen LogP contribution < -0.4 is 0 Å². The maximum Gasteiger partial charge on any atom is 0.309 e. The summed E-state index contributed by atoms with van der Waals surface area (Å²) in [7, 11) is 1.47. The van der Waals surface area contributed by atoms with Crippen molar-refractivity contribution in [2.24, 2.45) is 5.92 Å². The van der Waals surface area contributed by atoms with E-state index < -0.39 is 0 Å².